The molecule has 2 rings (SSSR count). The van der Waals surface area contributed by atoms with E-state index in [4.69, 9.17) is 4.74 Å². The van der Waals surface area contributed by atoms with E-state index in [1.54, 1.807) is 20.8 Å². The van der Waals surface area contributed by atoms with Gasteiger partial charge in [-0.15, -0.1) is 0 Å². The van der Waals surface area contributed by atoms with Crippen LogP contribution < -0.4 is 0 Å². The SMILES string of the molecule is CC(=O)c1c(C)[nH]c(C(=O)[C@@H](C)OC(=O)C2CC2)c1C. The number of hydrogen-bond acceptors (Lipinski definition) is 4. The molecule has 1 fully saturated rings. The van der Waals surface area contributed by atoms with E-state index >= 15 is 0 Å². The molecule has 0 aromatic carbocycles. The van der Waals surface area contributed by atoms with Crippen LogP contribution in [0, 0.1) is 19.8 Å². The average Bonchev–Trinajstić information content (AvgIpc) is 3.14. The van der Waals surface area contributed by atoms with Crippen molar-refractivity contribution in [3.05, 3.63) is 22.5 Å². The number of nitrogens with one attached hydrogen (secondary N) is 1. The molecule has 0 unspecified atom stereocenters. The van der Waals surface area contributed by atoms with E-state index < -0.39 is 6.10 Å². The van der Waals surface area contributed by atoms with Crippen LogP contribution in [-0.2, 0) is 9.53 Å². The van der Waals surface area contributed by atoms with Crippen molar-refractivity contribution in [1.29, 1.82) is 0 Å². The number of aromatic nitrogens is 1. The highest BCUT2D eigenvalue weighted by Crippen LogP contribution is 2.31. The Morgan fingerprint density at radius 3 is 2.30 bits per heavy atom. The van der Waals surface area contributed by atoms with Gasteiger partial charge in [0.1, 0.15) is 0 Å². The molecule has 1 saturated carbocycles. The smallest absolute Gasteiger partial charge is 0.309 e. The van der Waals surface area contributed by atoms with Crippen LogP contribution in [0.15, 0.2) is 0 Å². The number of Topliss-reactive ketones (excluding diaryl/α,β-unsaturated/α-hetero) is 2. The van der Waals surface area contributed by atoms with Gasteiger partial charge in [-0.25, -0.2) is 0 Å². The summed E-state index contributed by atoms with van der Waals surface area (Å²) in [6.45, 7) is 6.50. The van der Waals surface area contributed by atoms with Crippen molar-refractivity contribution in [3.8, 4) is 0 Å². The van der Waals surface area contributed by atoms with Gasteiger partial charge in [-0.2, -0.15) is 0 Å². The highest BCUT2D eigenvalue weighted by Gasteiger charge is 2.34. The van der Waals surface area contributed by atoms with Crippen LogP contribution in [0.4, 0.5) is 0 Å². The Bertz CT molecular complexity index is 581. The number of esters is 1. The molecule has 1 aromatic rings. The van der Waals surface area contributed by atoms with Gasteiger partial charge in [0, 0.05) is 11.3 Å². The van der Waals surface area contributed by atoms with Crippen molar-refractivity contribution in [1.82, 2.24) is 4.98 Å². The predicted octanol–water partition coefficient (Wildman–Crippen LogP) is 2.36. The van der Waals surface area contributed by atoms with Gasteiger partial charge in [0.05, 0.1) is 11.6 Å². The molecule has 0 bridgehead atoms. The summed E-state index contributed by atoms with van der Waals surface area (Å²) in [4.78, 5) is 38.4. The first-order valence-electron chi connectivity index (χ1n) is 6.77. The summed E-state index contributed by atoms with van der Waals surface area (Å²) in [6, 6.07) is 0. The maximum absolute atomic E-state index is 12.3. The van der Waals surface area contributed by atoms with Gasteiger partial charge in [-0.3, -0.25) is 14.4 Å². The number of rotatable bonds is 5. The van der Waals surface area contributed by atoms with Crippen LogP contribution in [0.25, 0.3) is 0 Å². The number of carbonyl (C=O) groups excluding carboxylic acids is 3. The third kappa shape index (κ3) is 2.66. The Morgan fingerprint density at radius 2 is 1.85 bits per heavy atom. The Morgan fingerprint density at radius 1 is 1.25 bits per heavy atom. The molecular weight excluding hydrogens is 258 g/mol. The maximum atomic E-state index is 12.3. The fraction of sp³-hybridized carbons (Fsp3) is 0.533. The van der Waals surface area contributed by atoms with Crippen LogP contribution in [0.2, 0.25) is 0 Å². The molecule has 20 heavy (non-hydrogen) atoms. The number of ether oxygens (including phenoxy) is 1. The monoisotopic (exact) mass is 277 g/mol. The molecule has 1 heterocycles. The van der Waals surface area contributed by atoms with Crippen LogP contribution in [0.3, 0.4) is 0 Å². The van der Waals surface area contributed by atoms with Crippen molar-refractivity contribution in [3.63, 3.8) is 0 Å². The molecule has 1 atom stereocenters. The van der Waals surface area contributed by atoms with E-state index in [0.29, 0.717) is 22.5 Å². The summed E-state index contributed by atoms with van der Waals surface area (Å²) in [5.74, 6) is -0.729. The second-order valence-electron chi connectivity index (χ2n) is 5.40. The van der Waals surface area contributed by atoms with Crippen molar-refractivity contribution in [2.75, 3.05) is 0 Å². The van der Waals surface area contributed by atoms with E-state index in [1.165, 1.54) is 6.92 Å². The molecule has 1 aliphatic carbocycles. The minimum Gasteiger partial charge on any atom is -0.454 e. The van der Waals surface area contributed by atoms with E-state index in [9.17, 15) is 14.4 Å². The van der Waals surface area contributed by atoms with Crippen LogP contribution in [0.5, 0.6) is 0 Å². The zero-order valence-electron chi connectivity index (χ0n) is 12.2. The molecule has 1 aromatic heterocycles. The summed E-state index contributed by atoms with van der Waals surface area (Å²) in [7, 11) is 0. The first kappa shape index (κ1) is 14.5. The average molecular weight is 277 g/mol. The molecule has 0 aliphatic heterocycles. The highest BCUT2D eigenvalue weighted by molar-refractivity contribution is 6.05. The number of aromatic amines is 1. The molecule has 1 N–H and O–H groups in total. The largest absolute Gasteiger partial charge is 0.454 e. The van der Waals surface area contributed by atoms with Crippen molar-refractivity contribution in [2.45, 2.75) is 46.6 Å². The lowest BCUT2D eigenvalue weighted by atomic mass is 10.0. The fourth-order valence-electron chi connectivity index (χ4n) is 2.37. The maximum Gasteiger partial charge on any atom is 0.309 e. The Hall–Kier alpha value is -1.91. The van der Waals surface area contributed by atoms with E-state index in [0.717, 1.165) is 12.8 Å². The standard InChI is InChI=1S/C15H19NO4/c1-7-12(9(3)17)8(2)16-13(7)14(18)10(4)20-15(19)11-5-6-11/h10-11,16H,5-6H2,1-4H3/t10-/m1/s1. The molecule has 0 spiro atoms. The van der Waals surface area contributed by atoms with Gasteiger partial charge >= 0.3 is 5.97 Å². The Kier molecular flexibility index (Phi) is 3.79. The lowest BCUT2D eigenvalue weighted by Crippen LogP contribution is -2.26. The number of hydrogen-bond donors (Lipinski definition) is 1. The van der Waals surface area contributed by atoms with Crippen LogP contribution in [0.1, 0.15) is 58.8 Å². The number of aryl methyl sites for hydroxylation is 1. The summed E-state index contributed by atoms with van der Waals surface area (Å²) in [5, 5.41) is 0. The summed E-state index contributed by atoms with van der Waals surface area (Å²) in [6.07, 6.45) is 0.851. The quantitative estimate of drug-likeness (QED) is 0.662. The topological polar surface area (TPSA) is 76.2 Å². The minimum atomic E-state index is -0.834. The third-order valence-corrected chi connectivity index (χ3v) is 3.61. The molecule has 5 nitrogen and oxygen atoms in total. The van der Waals surface area contributed by atoms with E-state index in [2.05, 4.69) is 4.98 Å². The van der Waals surface area contributed by atoms with Gasteiger partial charge in [0.2, 0.25) is 5.78 Å². The van der Waals surface area contributed by atoms with Gasteiger partial charge in [-0.05, 0) is 46.1 Å². The second-order valence-corrected chi connectivity index (χ2v) is 5.40. The lowest BCUT2D eigenvalue weighted by Gasteiger charge is -2.11. The van der Waals surface area contributed by atoms with Crippen LogP contribution >= 0.6 is 0 Å². The van der Waals surface area contributed by atoms with Crippen molar-refractivity contribution >= 4 is 17.5 Å². The number of H-pyrrole nitrogens is 1. The summed E-state index contributed by atoms with van der Waals surface area (Å²) < 4.78 is 5.16. The highest BCUT2D eigenvalue weighted by atomic mass is 16.5. The van der Waals surface area contributed by atoms with Crippen molar-refractivity contribution in [2.24, 2.45) is 5.92 Å². The number of ketones is 2. The summed E-state index contributed by atoms with van der Waals surface area (Å²) in [5.41, 5.74) is 2.17. The summed E-state index contributed by atoms with van der Waals surface area (Å²) >= 11 is 0. The Labute approximate surface area is 117 Å². The van der Waals surface area contributed by atoms with Gasteiger partial charge < -0.3 is 9.72 Å². The third-order valence-electron chi connectivity index (χ3n) is 3.61. The molecule has 0 amide bonds. The fourth-order valence-corrected chi connectivity index (χ4v) is 2.37. The first-order chi connectivity index (χ1) is 9.32. The zero-order chi connectivity index (χ0) is 15.0. The number of carbonyl (C=O) groups is 3. The lowest BCUT2D eigenvalue weighted by molar-refractivity contribution is -0.147. The normalized spacial score (nSPS) is 15.8. The minimum absolute atomic E-state index is 0.0375. The van der Waals surface area contributed by atoms with E-state index in [-0.39, 0.29) is 23.5 Å². The zero-order valence-corrected chi connectivity index (χ0v) is 12.2. The second kappa shape index (κ2) is 5.23. The molecule has 108 valence electrons. The van der Waals surface area contributed by atoms with Gasteiger partial charge in [0.25, 0.3) is 0 Å². The van der Waals surface area contributed by atoms with Gasteiger partial charge in [-0.1, -0.05) is 0 Å². The molecule has 1 aliphatic rings. The van der Waals surface area contributed by atoms with Crippen molar-refractivity contribution < 1.29 is 19.1 Å². The first-order valence-corrected chi connectivity index (χ1v) is 6.77. The molecule has 0 radical (unpaired) electrons. The van der Waals surface area contributed by atoms with Gasteiger partial charge in [0.15, 0.2) is 11.9 Å². The van der Waals surface area contributed by atoms with E-state index in [1.807, 2.05) is 0 Å². The van der Waals surface area contributed by atoms with Crippen LogP contribution in [-0.4, -0.2) is 28.6 Å². The Balaban J connectivity index is 2.18. The predicted molar refractivity (Wildman–Crippen MR) is 72.9 cm³/mol. The molecule has 0 saturated heterocycles. The molecular formula is C15H19NO4. The molecule has 5 heteroatoms.